The standard InChI is InChI=1S/C57H99N17O14/c1-31(2)12-10-11-15-44(77)65-40(20-26-63-45(78)30-62)53(84)74-47(34(6)76)57(88)70-38(18-24-60)49(80)69-41-21-27-64-56(87)46(33(5)75)73-52(83)39(19-25-61)67-48(79)36(16-22-58)68-54(85)42(28-32(3)4)71-55(86)43(29-35-13-8-7-9-14-35)72-50(81)37(17-23-59)66-51(41)82/h7-9,13-14,31-34,36-43,46-47,75-76H,10-12,15-30,58-62H2,1-6H3,(H,63,78)(H,64,87)(H,65,77)(H,66,82)(H,67,79)(H,68,85)(H,69,80)(H,70,88)(H,71,86)(H,72,81)(H,73,83)(H,74,84)/t33-,34-,36+,37+,38+,39-,40+,41+,42+,43-,46+,47+/m1/s1. The van der Waals surface area contributed by atoms with Crippen LogP contribution in [0.15, 0.2) is 30.3 Å². The largest absolute Gasteiger partial charge is 0.391 e. The van der Waals surface area contributed by atoms with Crippen molar-refractivity contribution in [2.24, 2.45) is 40.5 Å². The fraction of sp³-hybridized carbons (Fsp3) is 0.684. The Balaban J connectivity index is 2.70. The lowest BCUT2D eigenvalue weighted by atomic mass is 10.00. The maximum absolute atomic E-state index is 14.6. The van der Waals surface area contributed by atoms with Crippen molar-refractivity contribution in [3.8, 4) is 0 Å². The predicted octanol–water partition coefficient (Wildman–Crippen LogP) is -6.52. The minimum Gasteiger partial charge on any atom is -0.391 e. The van der Waals surface area contributed by atoms with Crippen LogP contribution in [0.25, 0.3) is 0 Å². The monoisotopic (exact) mass is 1250 g/mol. The number of benzene rings is 1. The zero-order chi connectivity index (χ0) is 66.0. The maximum atomic E-state index is 14.6. The molecule has 1 fully saturated rings. The third-order valence-electron chi connectivity index (χ3n) is 14.1. The number of aliphatic hydroxyl groups excluding tert-OH is 2. The quantitative estimate of drug-likeness (QED) is 0.0319. The number of hydrogen-bond acceptors (Lipinski definition) is 19. The van der Waals surface area contributed by atoms with Gasteiger partial charge in [-0.05, 0) is 109 Å². The van der Waals surface area contributed by atoms with E-state index in [4.69, 9.17) is 28.7 Å². The SMILES string of the molecule is CC(C)CCCCC(=O)N[C@@H](CCNC(=O)CN)C(=O)N[C@H](C(=O)N[C@@H](CCN)C(=O)N[C@H]1CCNC(=O)[C@H]([C@@H](C)O)NC(=O)[C@@H](CCN)NC(=O)[C@H](CCN)NC(=O)[C@H](CC(C)C)NC(=O)[C@@H](Cc2ccccc2)NC(=O)[C@H](CCN)NC1=O)[C@@H](C)O. The molecule has 12 amide bonds. The Morgan fingerprint density at radius 3 is 1.59 bits per heavy atom. The number of nitrogens with two attached hydrogens (primary N) is 5. The first-order chi connectivity index (χ1) is 41.7. The number of carbonyl (C=O) groups excluding carboxylic acids is 12. The van der Waals surface area contributed by atoms with Crippen molar-refractivity contribution in [1.29, 1.82) is 0 Å². The van der Waals surface area contributed by atoms with Crippen LogP contribution in [0.4, 0.5) is 0 Å². The van der Waals surface area contributed by atoms with Gasteiger partial charge in [-0.2, -0.15) is 0 Å². The summed E-state index contributed by atoms with van der Waals surface area (Å²) in [5.41, 5.74) is 29.6. The van der Waals surface area contributed by atoms with E-state index in [0.29, 0.717) is 17.9 Å². The van der Waals surface area contributed by atoms with Crippen LogP contribution in [0.2, 0.25) is 0 Å². The summed E-state index contributed by atoms with van der Waals surface area (Å²) < 4.78 is 0. The number of nitrogens with one attached hydrogen (secondary N) is 12. The lowest BCUT2D eigenvalue weighted by Gasteiger charge is -2.29. The van der Waals surface area contributed by atoms with Gasteiger partial charge in [0, 0.05) is 25.9 Å². The maximum Gasteiger partial charge on any atom is 0.245 e. The van der Waals surface area contributed by atoms with Crippen LogP contribution < -0.4 is 92.5 Å². The normalized spacial score (nSPS) is 22.1. The van der Waals surface area contributed by atoms with E-state index in [1.807, 2.05) is 13.8 Å². The number of rotatable bonds is 30. The van der Waals surface area contributed by atoms with Gasteiger partial charge in [-0.3, -0.25) is 57.5 Å². The highest BCUT2D eigenvalue weighted by atomic mass is 16.3. The lowest BCUT2D eigenvalue weighted by molar-refractivity contribution is -0.137. The summed E-state index contributed by atoms with van der Waals surface area (Å²) in [5, 5.41) is 52.2. The second-order valence-corrected chi connectivity index (χ2v) is 22.7. The molecule has 2 rings (SSSR count). The van der Waals surface area contributed by atoms with Gasteiger partial charge in [-0.1, -0.05) is 70.9 Å². The molecule has 1 heterocycles. The molecule has 0 saturated carbocycles. The van der Waals surface area contributed by atoms with Gasteiger partial charge in [-0.15, -0.1) is 0 Å². The third kappa shape index (κ3) is 28.2. The Kier molecular flexibility index (Phi) is 35.7. The summed E-state index contributed by atoms with van der Waals surface area (Å²) >= 11 is 0. The lowest BCUT2D eigenvalue weighted by Crippen LogP contribution is -2.62. The van der Waals surface area contributed by atoms with Crippen molar-refractivity contribution in [2.45, 2.75) is 191 Å². The third-order valence-corrected chi connectivity index (χ3v) is 14.1. The molecule has 0 spiro atoms. The first-order valence-electron chi connectivity index (χ1n) is 30.2. The Hall–Kier alpha value is -7.42. The Morgan fingerprint density at radius 1 is 0.545 bits per heavy atom. The van der Waals surface area contributed by atoms with Crippen LogP contribution in [0.1, 0.15) is 118 Å². The highest BCUT2D eigenvalue weighted by Gasteiger charge is 2.38. The van der Waals surface area contributed by atoms with Gasteiger partial charge in [0.05, 0.1) is 18.8 Å². The number of amides is 12. The fourth-order valence-corrected chi connectivity index (χ4v) is 9.24. The molecular weight excluding hydrogens is 1150 g/mol. The van der Waals surface area contributed by atoms with Crippen LogP contribution in [-0.4, -0.2) is 200 Å². The summed E-state index contributed by atoms with van der Waals surface area (Å²) in [6.07, 6.45) is -2.63. The molecule has 88 heavy (non-hydrogen) atoms. The number of hydrogen-bond donors (Lipinski definition) is 19. The molecule has 1 saturated heterocycles. The molecule has 0 aromatic heterocycles. The Morgan fingerprint density at radius 2 is 1.07 bits per heavy atom. The second-order valence-electron chi connectivity index (χ2n) is 22.7. The summed E-state index contributed by atoms with van der Waals surface area (Å²) in [4.78, 5) is 166. The number of carbonyl (C=O) groups is 12. The van der Waals surface area contributed by atoms with Crippen molar-refractivity contribution in [3.05, 3.63) is 35.9 Å². The molecule has 0 radical (unpaired) electrons. The molecule has 0 unspecified atom stereocenters. The van der Waals surface area contributed by atoms with Crippen molar-refractivity contribution in [1.82, 2.24) is 63.8 Å². The highest BCUT2D eigenvalue weighted by Crippen LogP contribution is 2.13. The van der Waals surface area contributed by atoms with E-state index in [9.17, 15) is 67.7 Å². The summed E-state index contributed by atoms with van der Waals surface area (Å²) in [5.74, 6) is -10.4. The molecule has 24 N–H and O–H groups in total. The first-order valence-corrected chi connectivity index (χ1v) is 30.2. The molecule has 12 atom stereocenters. The van der Waals surface area contributed by atoms with Crippen LogP contribution in [0.5, 0.6) is 0 Å². The van der Waals surface area contributed by atoms with Crippen molar-refractivity contribution < 1.29 is 67.7 Å². The average Bonchev–Trinajstić information content (AvgIpc) is 2.12. The van der Waals surface area contributed by atoms with Gasteiger partial charge in [-0.25, -0.2) is 0 Å². The van der Waals surface area contributed by atoms with Crippen molar-refractivity contribution in [3.63, 3.8) is 0 Å². The van der Waals surface area contributed by atoms with Gasteiger partial charge in [0.25, 0.3) is 0 Å². The molecule has 496 valence electrons. The van der Waals surface area contributed by atoms with E-state index < -0.39 is 156 Å². The van der Waals surface area contributed by atoms with Gasteiger partial charge in [0.15, 0.2) is 0 Å². The zero-order valence-corrected chi connectivity index (χ0v) is 51.6. The van der Waals surface area contributed by atoms with E-state index in [0.717, 1.165) is 12.8 Å². The second kappa shape index (κ2) is 40.9. The molecule has 1 aliphatic heterocycles. The Bertz CT molecular complexity index is 2440. The highest BCUT2D eigenvalue weighted by molar-refractivity contribution is 5.99. The molecule has 0 aliphatic carbocycles. The van der Waals surface area contributed by atoms with Crippen LogP contribution in [-0.2, 0) is 64.0 Å². The van der Waals surface area contributed by atoms with E-state index in [-0.39, 0.29) is 96.6 Å². The van der Waals surface area contributed by atoms with Crippen LogP contribution in [0.3, 0.4) is 0 Å². The minimum absolute atomic E-state index is 0.0352. The fourth-order valence-electron chi connectivity index (χ4n) is 9.24. The van der Waals surface area contributed by atoms with Gasteiger partial charge in [0.1, 0.15) is 60.4 Å². The summed E-state index contributed by atoms with van der Waals surface area (Å²) in [7, 11) is 0. The first kappa shape index (κ1) is 76.7. The topological polar surface area (TPSA) is 520 Å². The smallest absolute Gasteiger partial charge is 0.245 e. The minimum atomic E-state index is -1.77. The molecular formula is C57H99N17O14. The summed E-state index contributed by atoms with van der Waals surface area (Å²) in [6, 6.07) is -6.64. The van der Waals surface area contributed by atoms with Crippen LogP contribution in [0, 0.1) is 11.8 Å². The van der Waals surface area contributed by atoms with E-state index in [1.165, 1.54) is 13.8 Å². The predicted molar refractivity (Wildman–Crippen MR) is 325 cm³/mol. The van der Waals surface area contributed by atoms with Gasteiger partial charge in [0.2, 0.25) is 70.9 Å². The molecule has 31 nitrogen and oxygen atoms in total. The van der Waals surface area contributed by atoms with Gasteiger partial charge < -0.3 is 103 Å². The molecule has 31 heteroatoms. The molecule has 0 bridgehead atoms. The van der Waals surface area contributed by atoms with Crippen molar-refractivity contribution >= 4 is 70.9 Å². The summed E-state index contributed by atoms with van der Waals surface area (Å²) in [6.45, 7) is 8.31. The number of aliphatic hydroxyl groups is 2. The van der Waals surface area contributed by atoms with Gasteiger partial charge >= 0.3 is 0 Å². The average molecular weight is 1250 g/mol. The zero-order valence-electron chi connectivity index (χ0n) is 51.6. The molecule has 1 aliphatic rings. The number of unbranched alkanes of at least 4 members (excludes halogenated alkanes) is 1. The van der Waals surface area contributed by atoms with Crippen molar-refractivity contribution in [2.75, 3.05) is 45.8 Å². The van der Waals surface area contributed by atoms with E-state index in [1.54, 1.807) is 44.2 Å². The van der Waals surface area contributed by atoms with E-state index >= 15 is 0 Å². The molecule has 1 aromatic rings. The Labute approximate surface area is 514 Å². The molecule has 1 aromatic carbocycles. The van der Waals surface area contributed by atoms with Crippen LogP contribution >= 0.6 is 0 Å². The van der Waals surface area contributed by atoms with E-state index in [2.05, 4.69) is 63.8 Å².